The van der Waals surface area contributed by atoms with Gasteiger partial charge in [-0.2, -0.15) is 8.42 Å². The van der Waals surface area contributed by atoms with E-state index < -0.39 is 21.6 Å². The fourth-order valence-corrected chi connectivity index (χ4v) is 6.32. The van der Waals surface area contributed by atoms with Crippen molar-refractivity contribution in [2.24, 2.45) is 11.5 Å². The Balaban J connectivity index is 1.51. The summed E-state index contributed by atoms with van der Waals surface area (Å²) in [4.78, 5) is 12.1. The highest BCUT2D eigenvalue weighted by Crippen LogP contribution is 2.51. The molecular weight excluding hydrogens is 578 g/mol. The molecule has 1 aliphatic rings. The van der Waals surface area contributed by atoms with Crippen molar-refractivity contribution in [2.45, 2.75) is 23.9 Å². The number of hydrogen-bond acceptors (Lipinski definition) is 7. The molecule has 5 aromatic rings. The van der Waals surface area contributed by atoms with Gasteiger partial charge in [-0.15, -0.1) is 0 Å². The number of benzene rings is 5. The van der Waals surface area contributed by atoms with E-state index in [4.69, 9.17) is 16.2 Å². The maximum Gasteiger partial charge on any atom is 0.336 e. The molecule has 7 N–H and O–H groups in total. The molecule has 0 radical (unpaired) electrons. The molecule has 1 heterocycles. The summed E-state index contributed by atoms with van der Waals surface area (Å²) in [6.07, 6.45) is 0. The van der Waals surface area contributed by atoms with Crippen LogP contribution in [0.5, 0.6) is 11.5 Å². The van der Waals surface area contributed by atoms with Crippen molar-refractivity contribution in [2.75, 3.05) is 5.32 Å². The van der Waals surface area contributed by atoms with Crippen LogP contribution in [0.1, 0.15) is 38.2 Å². The van der Waals surface area contributed by atoms with Crippen LogP contribution in [0.2, 0.25) is 0 Å². The lowest BCUT2D eigenvalue weighted by atomic mass is 9.73. The lowest BCUT2D eigenvalue weighted by Crippen LogP contribution is -2.42. The molecule has 1 unspecified atom stereocenters. The lowest BCUT2D eigenvalue weighted by molar-refractivity contribution is 0.0694. The molecule has 44 heavy (non-hydrogen) atoms. The summed E-state index contributed by atoms with van der Waals surface area (Å²) in [5.74, 6) is -0.215. The number of anilines is 2. The van der Waals surface area contributed by atoms with Crippen LogP contribution in [0.15, 0.2) is 108 Å². The van der Waals surface area contributed by atoms with Crippen LogP contribution in [0.4, 0.5) is 11.4 Å². The predicted octanol–water partition coefficient (Wildman–Crippen LogP) is 6.17. The van der Waals surface area contributed by atoms with E-state index in [2.05, 4.69) is 5.32 Å². The van der Waals surface area contributed by atoms with Gasteiger partial charge in [-0.1, -0.05) is 60.7 Å². The quantitative estimate of drug-likeness (QED) is 0.136. The number of fused-ring (bicyclic) bond motifs is 2. The van der Waals surface area contributed by atoms with Gasteiger partial charge in [-0.3, -0.25) is 4.55 Å². The number of aryl methyl sites for hydroxylation is 1. The normalized spacial score (nSPS) is 15.5. The van der Waals surface area contributed by atoms with Crippen molar-refractivity contribution in [1.29, 1.82) is 0 Å². The zero-order chi connectivity index (χ0) is 31.2. The molecular formula is C34H29N3O6S. The topological polar surface area (TPSA) is 165 Å². The predicted molar refractivity (Wildman–Crippen MR) is 168 cm³/mol. The fourth-order valence-electron chi connectivity index (χ4n) is 5.75. The maximum atomic E-state index is 12.4. The van der Waals surface area contributed by atoms with E-state index in [0.717, 1.165) is 16.7 Å². The van der Waals surface area contributed by atoms with Gasteiger partial charge in [0, 0.05) is 35.1 Å². The minimum atomic E-state index is -4.34. The van der Waals surface area contributed by atoms with Crippen LogP contribution in [0, 0.1) is 6.92 Å². The molecule has 10 heteroatoms. The number of aromatic carboxylic acids is 1. The zero-order valence-electron chi connectivity index (χ0n) is 23.6. The SMILES string of the molecule is Cc1cc(S(=O)(=O)O)ccc1Nc1ccc2c(c1)Oc1cc(-c3ccccc3CN)ccc1C2(N)c1ccccc1C(=O)O. The van der Waals surface area contributed by atoms with Crippen molar-refractivity contribution in [1.82, 2.24) is 0 Å². The van der Waals surface area contributed by atoms with Crippen molar-refractivity contribution in [3.63, 3.8) is 0 Å². The first-order valence-electron chi connectivity index (χ1n) is 13.7. The third kappa shape index (κ3) is 4.99. The maximum absolute atomic E-state index is 12.4. The highest BCUT2D eigenvalue weighted by Gasteiger charge is 2.43. The number of rotatable bonds is 7. The van der Waals surface area contributed by atoms with Crippen LogP contribution < -0.4 is 21.5 Å². The first kappa shape index (κ1) is 29.1. The number of nitrogens with two attached hydrogens (primary N) is 2. The second-order valence-corrected chi connectivity index (χ2v) is 12.0. The molecule has 0 spiro atoms. The van der Waals surface area contributed by atoms with Gasteiger partial charge in [0.15, 0.2) is 0 Å². The summed E-state index contributed by atoms with van der Waals surface area (Å²) in [5.41, 5.74) is 18.2. The summed E-state index contributed by atoms with van der Waals surface area (Å²) in [5, 5.41) is 13.4. The number of carbonyl (C=O) groups is 1. The van der Waals surface area contributed by atoms with E-state index in [0.29, 0.717) is 51.7 Å². The number of carboxylic acid groups (broad SMARTS) is 1. The lowest BCUT2D eigenvalue weighted by Gasteiger charge is -2.38. The van der Waals surface area contributed by atoms with Gasteiger partial charge in [0.2, 0.25) is 0 Å². The average Bonchev–Trinajstić information content (AvgIpc) is 3.01. The summed E-state index contributed by atoms with van der Waals surface area (Å²) in [7, 11) is -4.34. The average molecular weight is 608 g/mol. The number of carboxylic acids is 1. The van der Waals surface area contributed by atoms with Gasteiger partial charge in [-0.25, -0.2) is 4.79 Å². The Morgan fingerprint density at radius 1 is 0.864 bits per heavy atom. The molecule has 0 saturated carbocycles. The highest BCUT2D eigenvalue weighted by atomic mass is 32.2. The minimum Gasteiger partial charge on any atom is -0.478 e. The van der Waals surface area contributed by atoms with Gasteiger partial charge in [0.25, 0.3) is 10.1 Å². The Hall–Kier alpha value is -5.00. The van der Waals surface area contributed by atoms with E-state index in [-0.39, 0.29) is 10.5 Å². The molecule has 0 aliphatic carbocycles. The molecule has 0 aromatic heterocycles. The van der Waals surface area contributed by atoms with Gasteiger partial charge in [0.05, 0.1) is 10.5 Å². The fraction of sp³-hybridized carbons (Fsp3) is 0.0882. The summed E-state index contributed by atoms with van der Waals surface area (Å²) in [6.45, 7) is 2.07. The van der Waals surface area contributed by atoms with Crippen LogP contribution in [-0.4, -0.2) is 24.0 Å². The van der Waals surface area contributed by atoms with Crippen LogP contribution in [-0.2, 0) is 22.2 Å². The number of ether oxygens (including phenoxy) is 1. The smallest absolute Gasteiger partial charge is 0.336 e. The Morgan fingerprint density at radius 3 is 2.25 bits per heavy atom. The Labute approximate surface area is 254 Å². The molecule has 0 saturated heterocycles. The van der Waals surface area contributed by atoms with Crippen LogP contribution >= 0.6 is 0 Å². The van der Waals surface area contributed by atoms with Gasteiger partial charge in [0.1, 0.15) is 17.0 Å². The monoisotopic (exact) mass is 607 g/mol. The second kappa shape index (κ2) is 10.9. The van der Waals surface area contributed by atoms with E-state index in [9.17, 15) is 22.9 Å². The van der Waals surface area contributed by atoms with E-state index in [1.54, 1.807) is 49.4 Å². The molecule has 222 valence electrons. The van der Waals surface area contributed by atoms with Gasteiger partial charge < -0.3 is 26.6 Å². The molecule has 0 bridgehead atoms. The van der Waals surface area contributed by atoms with Crippen LogP contribution in [0.25, 0.3) is 11.1 Å². The first-order valence-corrected chi connectivity index (χ1v) is 15.2. The second-order valence-electron chi connectivity index (χ2n) is 10.6. The van der Waals surface area contributed by atoms with E-state index in [1.165, 1.54) is 18.2 Å². The highest BCUT2D eigenvalue weighted by molar-refractivity contribution is 7.85. The van der Waals surface area contributed by atoms with Crippen molar-refractivity contribution in [3.8, 4) is 22.6 Å². The van der Waals surface area contributed by atoms with Gasteiger partial charge in [-0.05, 0) is 71.1 Å². The Morgan fingerprint density at radius 2 is 1.55 bits per heavy atom. The zero-order valence-corrected chi connectivity index (χ0v) is 24.4. The largest absolute Gasteiger partial charge is 0.478 e. The molecule has 0 fully saturated rings. The molecule has 5 aromatic carbocycles. The molecule has 1 aliphatic heterocycles. The number of nitrogens with one attached hydrogen (secondary N) is 1. The van der Waals surface area contributed by atoms with Crippen molar-refractivity contribution < 1.29 is 27.6 Å². The molecule has 6 rings (SSSR count). The number of hydrogen-bond donors (Lipinski definition) is 5. The Bertz CT molecular complexity index is 2060. The Kier molecular flexibility index (Phi) is 7.22. The minimum absolute atomic E-state index is 0.0723. The van der Waals surface area contributed by atoms with Crippen LogP contribution in [0.3, 0.4) is 0 Å². The summed E-state index contributed by atoms with van der Waals surface area (Å²) >= 11 is 0. The third-order valence-corrected chi connectivity index (χ3v) is 8.79. The third-order valence-electron chi connectivity index (χ3n) is 7.94. The molecule has 0 amide bonds. The summed E-state index contributed by atoms with van der Waals surface area (Å²) in [6, 6.07) is 29.7. The summed E-state index contributed by atoms with van der Waals surface area (Å²) < 4.78 is 39.0. The van der Waals surface area contributed by atoms with Gasteiger partial charge >= 0.3 is 5.97 Å². The molecule has 9 nitrogen and oxygen atoms in total. The van der Waals surface area contributed by atoms with Crippen molar-refractivity contribution >= 4 is 27.5 Å². The van der Waals surface area contributed by atoms with E-state index >= 15 is 0 Å². The first-order chi connectivity index (χ1) is 21.0. The standard InChI is InChI=1S/C34H29N3O6S/c1-20-16-24(44(40,41)42)12-15-30(20)37-23-11-14-29-32(18-23)43-31-17-21(25-7-3-2-6-22(25)19-35)10-13-28(31)34(29,36)27-9-5-4-8-26(27)33(38)39/h2-18,37H,19,35-36H2,1H3,(H,38,39)(H,40,41,42). The van der Waals surface area contributed by atoms with Crippen molar-refractivity contribution in [3.05, 3.63) is 137 Å². The molecule has 1 atom stereocenters. The van der Waals surface area contributed by atoms with E-state index in [1.807, 2.05) is 42.5 Å².